The van der Waals surface area contributed by atoms with E-state index in [1.807, 2.05) is 12.1 Å². The molecule has 14 heavy (non-hydrogen) atoms. The maximum absolute atomic E-state index is 10.7. The first-order chi connectivity index (χ1) is 6.68. The number of benzene rings is 1. The summed E-state index contributed by atoms with van der Waals surface area (Å²) in [6, 6.07) is 5.43. The normalized spacial score (nSPS) is 12.9. The van der Waals surface area contributed by atoms with E-state index in [0.717, 1.165) is 16.6 Å². The smallest absolute Gasteiger partial charge is 0.310 e. The second-order valence-electron chi connectivity index (χ2n) is 3.24. The van der Waals surface area contributed by atoms with Crippen LogP contribution in [-0.4, -0.2) is 21.0 Å². The number of carboxylic acid groups (broad SMARTS) is 1. The number of nitrogens with zero attached hydrogens (tertiary/aromatic N) is 1. The number of aliphatic carboxylic acids is 1. The molecule has 1 aromatic carbocycles. The van der Waals surface area contributed by atoms with Gasteiger partial charge in [0.15, 0.2) is 0 Å². The lowest BCUT2D eigenvalue weighted by Crippen LogP contribution is -2.06. The Morgan fingerprint density at radius 2 is 2.36 bits per heavy atom. The van der Waals surface area contributed by atoms with E-state index in [2.05, 4.69) is 9.97 Å². The Morgan fingerprint density at radius 3 is 3.07 bits per heavy atom. The summed E-state index contributed by atoms with van der Waals surface area (Å²) in [6.45, 7) is 1.67. The van der Waals surface area contributed by atoms with Gasteiger partial charge in [-0.05, 0) is 24.6 Å². The molecule has 0 radical (unpaired) electrons. The van der Waals surface area contributed by atoms with Crippen molar-refractivity contribution < 1.29 is 9.90 Å². The van der Waals surface area contributed by atoms with Gasteiger partial charge in [-0.25, -0.2) is 4.98 Å². The van der Waals surface area contributed by atoms with Gasteiger partial charge in [0.1, 0.15) is 0 Å². The summed E-state index contributed by atoms with van der Waals surface area (Å²) in [4.78, 5) is 17.8. The molecule has 4 nitrogen and oxygen atoms in total. The van der Waals surface area contributed by atoms with Crippen LogP contribution in [0.4, 0.5) is 0 Å². The van der Waals surface area contributed by atoms with Gasteiger partial charge in [0.2, 0.25) is 0 Å². The van der Waals surface area contributed by atoms with Gasteiger partial charge < -0.3 is 10.1 Å². The Balaban J connectivity index is 2.48. The fourth-order valence-corrected chi connectivity index (χ4v) is 1.37. The molecular formula is C10H10N2O2. The van der Waals surface area contributed by atoms with Crippen molar-refractivity contribution >= 4 is 17.0 Å². The highest BCUT2D eigenvalue weighted by atomic mass is 16.4. The lowest BCUT2D eigenvalue weighted by Gasteiger charge is -2.05. The lowest BCUT2D eigenvalue weighted by molar-refractivity contribution is -0.138. The second kappa shape index (κ2) is 3.14. The summed E-state index contributed by atoms with van der Waals surface area (Å²) in [6.07, 6.45) is 1.60. The van der Waals surface area contributed by atoms with Crippen molar-refractivity contribution in [1.82, 2.24) is 9.97 Å². The largest absolute Gasteiger partial charge is 0.481 e. The van der Waals surface area contributed by atoms with Crippen LogP contribution in [0.25, 0.3) is 11.0 Å². The van der Waals surface area contributed by atoms with Crippen LogP contribution >= 0.6 is 0 Å². The highest BCUT2D eigenvalue weighted by Gasteiger charge is 2.13. The summed E-state index contributed by atoms with van der Waals surface area (Å²) in [7, 11) is 0. The van der Waals surface area contributed by atoms with Crippen LogP contribution in [0.1, 0.15) is 18.4 Å². The summed E-state index contributed by atoms with van der Waals surface area (Å²) < 4.78 is 0. The van der Waals surface area contributed by atoms with Gasteiger partial charge in [-0.3, -0.25) is 4.79 Å². The monoisotopic (exact) mass is 190 g/mol. The Bertz CT molecular complexity index is 476. The van der Waals surface area contributed by atoms with Crippen molar-refractivity contribution in [3.63, 3.8) is 0 Å². The maximum Gasteiger partial charge on any atom is 0.310 e. The van der Waals surface area contributed by atoms with E-state index >= 15 is 0 Å². The number of carboxylic acids is 1. The summed E-state index contributed by atoms with van der Waals surface area (Å²) >= 11 is 0. The van der Waals surface area contributed by atoms with E-state index in [1.54, 1.807) is 19.3 Å². The van der Waals surface area contributed by atoms with Crippen LogP contribution in [0.3, 0.4) is 0 Å². The molecule has 0 spiro atoms. The number of nitrogens with one attached hydrogen (secondary N) is 1. The molecule has 0 unspecified atom stereocenters. The van der Waals surface area contributed by atoms with Crippen molar-refractivity contribution in [2.24, 2.45) is 0 Å². The molecule has 2 N–H and O–H groups in total. The number of carbonyl (C=O) groups is 1. The fourth-order valence-electron chi connectivity index (χ4n) is 1.37. The van der Waals surface area contributed by atoms with Crippen LogP contribution in [0.2, 0.25) is 0 Å². The molecule has 0 aliphatic heterocycles. The summed E-state index contributed by atoms with van der Waals surface area (Å²) in [5.74, 6) is -1.30. The van der Waals surface area contributed by atoms with Crippen LogP contribution in [0, 0.1) is 0 Å². The number of hydrogen-bond acceptors (Lipinski definition) is 2. The Hall–Kier alpha value is -1.84. The van der Waals surface area contributed by atoms with Crippen molar-refractivity contribution in [3.8, 4) is 0 Å². The van der Waals surface area contributed by atoms with Crippen LogP contribution in [-0.2, 0) is 4.79 Å². The van der Waals surface area contributed by atoms with Gasteiger partial charge in [0, 0.05) is 0 Å². The molecule has 4 heteroatoms. The molecule has 0 amide bonds. The third-order valence-electron chi connectivity index (χ3n) is 2.31. The minimum Gasteiger partial charge on any atom is -0.481 e. The highest BCUT2D eigenvalue weighted by Crippen LogP contribution is 2.19. The zero-order valence-corrected chi connectivity index (χ0v) is 7.69. The molecule has 1 heterocycles. The standard InChI is InChI=1S/C10H10N2O2/c1-6(10(13)14)7-2-3-8-9(4-7)12-5-11-8/h2-6H,1H3,(H,11,12)(H,13,14)/t6-/m1/s1. The molecule has 0 saturated heterocycles. The molecule has 1 atom stereocenters. The average molecular weight is 190 g/mol. The van der Waals surface area contributed by atoms with Crippen LogP contribution < -0.4 is 0 Å². The second-order valence-corrected chi connectivity index (χ2v) is 3.24. The summed E-state index contributed by atoms with van der Waals surface area (Å²) in [5, 5.41) is 8.83. The molecule has 0 saturated carbocycles. The number of imidazole rings is 1. The molecule has 0 fully saturated rings. The van der Waals surface area contributed by atoms with Crippen molar-refractivity contribution in [1.29, 1.82) is 0 Å². The van der Waals surface area contributed by atoms with E-state index in [0.29, 0.717) is 0 Å². The minimum atomic E-state index is -0.816. The van der Waals surface area contributed by atoms with Crippen molar-refractivity contribution in [3.05, 3.63) is 30.1 Å². The Labute approximate surface area is 80.6 Å². The molecule has 0 aliphatic carbocycles. The number of fused-ring (bicyclic) bond motifs is 1. The van der Waals surface area contributed by atoms with Gasteiger partial charge >= 0.3 is 5.97 Å². The zero-order chi connectivity index (χ0) is 10.1. The first kappa shape index (κ1) is 8.74. The third-order valence-corrected chi connectivity index (χ3v) is 2.31. The first-order valence-corrected chi connectivity index (χ1v) is 4.34. The van der Waals surface area contributed by atoms with Gasteiger partial charge in [0.05, 0.1) is 23.3 Å². The van der Waals surface area contributed by atoms with Gasteiger partial charge in [-0.1, -0.05) is 6.07 Å². The van der Waals surface area contributed by atoms with Crippen molar-refractivity contribution in [2.75, 3.05) is 0 Å². The highest BCUT2D eigenvalue weighted by molar-refractivity contribution is 5.80. The molecule has 72 valence electrons. The van der Waals surface area contributed by atoms with Crippen LogP contribution in [0.5, 0.6) is 0 Å². The zero-order valence-electron chi connectivity index (χ0n) is 7.69. The number of rotatable bonds is 2. The number of H-pyrrole nitrogens is 1. The molecule has 0 aliphatic rings. The lowest BCUT2D eigenvalue weighted by atomic mass is 10.0. The summed E-state index contributed by atoms with van der Waals surface area (Å²) in [5.41, 5.74) is 2.51. The topological polar surface area (TPSA) is 66.0 Å². The molecular weight excluding hydrogens is 180 g/mol. The predicted octanol–water partition coefficient (Wildman–Crippen LogP) is 1.75. The number of aromatic nitrogens is 2. The van der Waals surface area contributed by atoms with E-state index in [4.69, 9.17) is 5.11 Å². The van der Waals surface area contributed by atoms with E-state index in [-0.39, 0.29) is 0 Å². The van der Waals surface area contributed by atoms with Gasteiger partial charge in [0.25, 0.3) is 0 Å². The minimum absolute atomic E-state index is 0.484. The third kappa shape index (κ3) is 1.35. The van der Waals surface area contributed by atoms with Gasteiger partial charge in [-0.15, -0.1) is 0 Å². The Morgan fingerprint density at radius 1 is 1.57 bits per heavy atom. The molecule has 0 bridgehead atoms. The van der Waals surface area contributed by atoms with E-state index < -0.39 is 11.9 Å². The first-order valence-electron chi connectivity index (χ1n) is 4.34. The van der Waals surface area contributed by atoms with Crippen LogP contribution in [0.15, 0.2) is 24.5 Å². The quantitative estimate of drug-likeness (QED) is 0.758. The molecule has 2 aromatic rings. The molecule has 2 rings (SSSR count). The SMILES string of the molecule is C[C@@H](C(=O)O)c1ccc2nc[nH]c2c1. The maximum atomic E-state index is 10.7. The molecule has 1 aromatic heterocycles. The average Bonchev–Trinajstić information content (AvgIpc) is 2.62. The number of aromatic amines is 1. The van der Waals surface area contributed by atoms with E-state index in [9.17, 15) is 4.79 Å². The van der Waals surface area contributed by atoms with Crippen molar-refractivity contribution in [2.45, 2.75) is 12.8 Å². The fraction of sp³-hybridized carbons (Fsp3) is 0.200. The predicted molar refractivity (Wildman–Crippen MR) is 52.1 cm³/mol. The number of hydrogen-bond donors (Lipinski definition) is 2. The van der Waals surface area contributed by atoms with Gasteiger partial charge in [-0.2, -0.15) is 0 Å². The Kier molecular flexibility index (Phi) is 1.96. The van der Waals surface area contributed by atoms with E-state index in [1.165, 1.54) is 0 Å².